The number of aromatic nitrogens is 1. The number of methoxy groups -OCH3 is 2. The molecule has 2 rings (SSSR count). The summed E-state index contributed by atoms with van der Waals surface area (Å²) in [5.74, 6) is 1.61. The van der Waals surface area contributed by atoms with Gasteiger partial charge in [0.15, 0.2) is 5.88 Å². The van der Waals surface area contributed by atoms with E-state index in [9.17, 15) is 0 Å². The van der Waals surface area contributed by atoms with Gasteiger partial charge in [0, 0.05) is 17.5 Å². The Bertz CT molecular complexity index is 418. The lowest BCUT2D eigenvalue weighted by atomic mass is 10.2. The van der Waals surface area contributed by atoms with Gasteiger partial charge in [-0.25, -0.2) is 0 Å². The van der Waals surface area contributed by atoms with Gasteiger partial charge in [0.2, 0.25) is 0 Å². The first-order valence-corrected chi connectivity index (χ1v) is 4.04. The highest BCUT2D eigenvalue weighted by molar-refractivity contribution is 5.82. The maximum absolute atomic E-state index is 5.10. The summed E-state index contributed by atoms with van der Waals surface area (Å²) in [6, 6.07) is 7.81. The molecule has 0 saturated carbocycles. The molecular formula is C10H11NO2. The van der Waals surface area contributed by atoms with Crippen LogP contribution in [0.25, 0.3) is 10.9 Å². The number of hydrogen-bond acceptors (Lipinski definition) is 2. The van der Waals surface area contributed by atoms with Crippen LogP contribution in [-0.4, -0.2) is 19.2 Å². The molecule has 0 spiro atoms. The standard InChI is InChI=1S/C10H11NO2/c1-12-8-4-3-7-5-10(13-2)11-9(7)6-8/h3-6,11H,1-2H3. The van der Waals surface area contributed by atoms with Crippen molar-refractivity contribution in [1.82, 2.24) is 4.98 Å². The summed E-state index contributed by atoms with van der Waals surface area (Å²) in [5, 5.41) is 1.12. The van der Waals surface area contributed by atoms with Gasteiger partial charge in [0.1, 0.15) is 5.75 Å². The molecule has 0 aliphatic carbocycles. The van der Waals surface area contributed by atoms with E-state index in [-0.39, 0.29) is 0 Å². The van der Waals surface area contributed by atoms with Crippen LogP contribution in [0.5, 0.6) is 11.6 Å². The highest BCUT2D eigenvalue weighted by atomic mass is 16.5. The van der Waals surface area contributed by atoms with E-state index in [4.69, 9.17) is 9.47 Å². The normalized spacial score (nSPS) is 10.3. The molecule has 0 amide bonds. The Morgan fingerprint density at radius 2 is 1.92 bits per heavy atom. The van der Waals surface area contributed by atoms with Gasteiger partial charge < -0.3 is 14.5 Å². The quantitative estimate of drug-likeness (QED) is 0.762. The molecule has 2 aromatic rings. The number of fused-ring (bicyclic) bond motifs is 1. The first kappa shape index (κ1) is 7.98. The molecule has 0 radical (unpaired) electrons. The summed E-state index contributed by atoms with van der Waals surface area (Å²) in [7, 11) is 3.29. The van der Waals surface area contributed by atoms with Crippen LogP contribution in [0.2, 0.25) is 0 Å². The minimum Gasteiger partial charge on any atom is -0.497 e. The van der Waals surface area contributed by atoms with Crippen LogP contribution < -0.4 is 9.47 Å². The van der Waals surface area contributed by atoms with Crippen molar-refractivity contribution in [2.45, 2.75) is 0 Å². The fraction of sp³-hybridized carbons (Fsp3) is 0.200. The van der Waals surface area contributed by atoms with E-state index in [2.05, 4.69) is 4.98 Å². The summed E-state index contributed by atoms with van der Waals surface area (Å²) >= 11 is 0. The lowest BCUT2D eigenvalue weighted by Gasteiger charge is -1.97. The number of nitrogens with one attached hydrogen (secondary N) is 1. The molecular weight excluding hydrogens is 166 g/mol. The topological polar surface area (TPSA) is 34.2 Å². The monoisotopic (exact) mass is 177 g/mol. The Hall–Kier alpha value is -1.64. The van der Waals surface area contributed by atoms with Gasteiger partial charge in [-0.2, -0.15) is 0 Å². The summed E-state index contributed by atoms with van der Waals surface area (Å²) in [4.78, 5) is 3.12. The van der Waals surface area contributed by atoms with Crippen molar-refractivity contribution in [3.8, 4) is 11.6 Å². The SMILES string of the molecule is COc1ccc2cc(OC)[nH]c2c1. The van der Waals surface area contributed by atoms with Gasteiger partial charge in [-0.05, 0) is 12.1 Å². The van der Waals surface area contributed by atoms with Crippen molar-refractivity contribution in [2.24, 2.45) is 0 Å². The van der Waals surface area contributed by atoms with Gasteiger partial charge in [-0.3, -0.25) is 0 Å². The third kappa shape index (κ3) is 1.33. The molecule has 13 heavy (non-hydrogen) atoms. The van der Waals surface area contributed by atoms with E-state index in [0.29, 0.717) is 0 Å². The van der Waals surface area contributed by atoms with E-state index in [1.807, 2.05) is 24.3 Å². The Balaban J connectivity index is 2.57. The number of aromatic amines is 1. The molecule has 0 bridgehead atoms. The Morgan fingerprint density at radius 1 is 1.08 bits per heavy atom. The van der Waals surface area contributed by atoms with E-state index in [0.717, 1.165) is 22.5 Å². The van der Waals surface area contributed by atoms with E-state index < -0.39 is 0 Å². The first-order chi connectivity index (χ1) is 6.33. The second-order valence-electron chi connectivity index (χ2n) is 2.79. The predicted molar refractivity (Wildman–Crippen MR) is 51.4 cm³/mol. The summed E-state index contributed by atoms with van der Waals surface area (Å²) < 4.78 is 10.2. The van der Waals surface area contributed by atoms with Gasteiger partial charge >= 0.3 is 0 Å². The number of ether oxygens (including phenoxy) is 2. The lowest BCUT2D eigenvalue weighted by molar-refractivity contribution is 0.401. The second-order valence-corrected chi connectivity index (χ2v) is 2.79. The summed E-state index contributed by atoms with van der Waals surface area (Å²) in [5.41, 5.74) is 1.02. The van der Waals surface area contributed by atoms with Gasteiger partial charge in [-0.15, -0.1) is 0 Å². The molecule has 1 aromatic carbocycles. The van der Waals surface area contributed by atoms with Crippen molar-refractivity contribution < 1.29 is 9.47 Å². The van der Waals surface area contributed by atoms with Crippen molar-refractivity contribution in [3.05, 3.63) is 24.3 Å². The molecule has 0 aliphatic rings. The van der Waals surface area contributed by atoms with Gasteiger partial charge in [-0.1, -0.05) is 0 Å². The third-order valence-corrected chi connectivity index (χ3v) is 2.02. The fourth-order valence-electron chi connectivity index (χ4n) is 1.32. The molecule has 0 unspecified atom stereocenters. The summed E-state index contributed by atoms with van der Waals surface area (Å²) in [6.07, 6.45) is 0. The van der Waals surface area contributed by atoms with Gasteiger partial charge in [0.25, 0.3) is 0 Å². The number of benzene rings is 1. The molecule has 1 heterocycles. The van der Waals surface area contributed by atoms with E-state index in [1.165, 1.54) is 0 Å². The van der Waals surface area contributed by atoms with Crippen LogP contribution in [0.3, 0.4) is 0 Å². The van der Waals surface area contributed by atoms with Crippen molar-refractivity contribution in [1.29, 1.82) is 0 Å². The maximum Gasteiger partial charge on any atom is 0.191 e. The first-order valence-electron chi connectivity index (χ1n) is 4.04. The van der Waals surface area contributed by atoms with Crippen LogP contribution in [0.15, 0.2) is 24.3 Å². The minimum absolute atomic E-state index is 0.767. The van der Waals surface area contributed by atoms with Gasteiger partial charge in [0.05, 0.1) is 19.7 Å². The molecule has 0 atom stereocenters. The second kappa shape index (κ2) is 3.01. The average Bonchev–Trinajstić information content (AvgIpc) is 2.58. The summed E-state index contributed by atoms with van der Waals surface area (Å²) in [6.45, 7) is 0. The van der Waals surface area contributed by atoms with Crippen molar-refractivity contribution in [3.63, 3.8) is 0 Å². The van der Waals surface area contributed by atoms with Crippen LogP contribution in [-0.2, 0) is 0 Å². The highest BCUT2D eigenvalue weighted by Crippen LogP contribution is 2.23. The van der Waals surface area contributed by atoms with Crippen LogP contribution >= 0.6 is 0 Å². The average molecular weight is 177 g/mol. The fourth-order valence-corrected chi connectivity index (χ4v) is 1.32. The molecule has 0 saturated heterocycles. The Kier molecular flexibility index (Phi) is 1.85. The molecule has 1 N–H and O–H groups in total. The molecule has 68 valence electrons. The van der Waals surface area contributed by atoms with E-state index in [1.54, 1.807) is 14.2 Å². The third-order valence-electron chi connectivity index (χ3n) is 2.02. The lowest BCUT2D eigenvalue weighted by Crippen LogP contribution is -1.81. The smallest absolute Gasteiger partial charge is 0.191 e. The zero-order chi connectivity index (χ0) is 9.26. The highest BCUT2D eigenvalue weighted by Gasteiger charge is 2.00. The molecule has 3 heteroatoms. The molecule has 3 nitrogen and oxygen atoms in total. The van der Waals surface area contributed by atoms with E-state index >= 15 is 0 Å². The number of H-pyrrole nitrogens is 1. The molecule has 0 fully saturated rings. The van der Waals surface area contributed by atoms with Crippen molar-refractivity contribution >= 4 is 10.9 Å². The Morgan fingerprint density at radius 3 is 2.62 bits per heavy atom. The largest absolute Gasteiger partial charge is 0.497 e. The zero-order valence-electron chi connectivity index (χ0n) is 7.63. The maximum atomic E-state index is 5.10. The van der Waals surface area contributed by atoms with Crippen LogP contribution in [0, 0.1) is 0 Å². The van der Waals surface area contributed by atoms with Crippen LogP contribution in [0.1, 0.15) is 0 Å². The number of rotatable bonds is 2. The predicted octanol–water partition coefficient (Wildman–Crippen LogP) is 2.19. The molecule has 1 aromatic heterocycles. The van der Waals surface area contributed by atoms with Crippen LogP contribution in [0.4, 0.5) is 0 Å². The van der Waals surface area contributed by atoms with Crippen molar-refractivity contribution in [2.75, 3.05) is 14.2 Å². The Labute approximate surface area is 76.3 Å². The molecule has 0 aliphatic heterocycles. The zero-order valence-corrected chi connectivity index (χ0v) is 7.63. The minimum atomic E-state index is 0.767. The number of hydrogen-bond donors (Lipinski definition) is 1.